The third kappa shape index (κ3) is 7.52. The van der Waals surface area contributed by atoms with Gasteiger partial charge in [0.25, 0.3) is 0 Å². The molecule has 2 atom stereocenters. The summed E-state index contributed by atoms with van der Waals surface area (Å²) in [5, 5.41) is 3.21. The van der Waals surface area contributed by atoms with Gasteiger partial charge in [-0.3, -0.25) is 9.89 Å². The molecule has 2 unspecified atom stereocenters. The lowest BCUT2D eigenvalue weighted by molar-refractivity contribution is 0.142. The first kappa shape index (κ1) is 20.2. The van der Waals surface area contributed by atoms with Gasteiger partial charge in [-0.2, -0.15) is 0 Å². The molecule has 1 aliphatic heterocycles. The van der Waals surface area contributed by atoms with Crippen LogP contribution in [0.15, 0.2) is 35.3 Å². The first-order valence-corrected chi connectivity index (χ1v) is 8.47. The Morgan fingerprint density at radius 3 is 2.83 bits per heavy atom. The molecule has 3 N–H and O–H groups in total. The smallest absolute Gasteiger partial charge is 0.188 e. The van der Waals surface area contributed by atoms with Crippen molar-refractivity contribution in [1.82, 2.24) is 10.2 Å². The van der Waals surface area contributed by atoms with E-state index < -0.39 is 0 Å². The maximum atomic E-state index is 5.96. The Hall–Kier alpha value is -0.820. The minimum Gasteiger partial charge on any atom is -0.370 e. The van der Waals surface area contributed by atoms with Gasteiger partial charge in [-0.15, -0.1) is 24.0 Å². The molecule has 0 aliphatic carbocycles. The monoisotopic (exact) mass is 430 g/mol. The summed E-state index contributed by atoms with van der Waals surface area (Å²) in [5.74, 6) is 1.37. The third-order valence-electron chi connectivity index (χ3n) is 4.40. The molecule has 0 aromatic heterocycles. The van der Waals surface area contributed by atoms with Crippen LogP contribution in [0, 0.1) is 5.92 Å². The number of piperidine rings is 1. The molecular weight excluding hydrogens is 399 g/mol. The zero-order valence-electron chi connectivity index (χ0n) is 14.4. The van der Waals surface area contributed by atoms with Gasteiger partial charge in [0.15, 0.2) is 5.96 Å². The quantitative estimate of drug-likeness (QED) is 0.415. The molecule has 0 radical (unpaired) electrons. The Kier molecular flexibility index (Phi) is 9.55. The van der Waals surface area contributed by atoms with Crippen molar-refractivity contribution in [2.75, 3.05) is 26.2 Å². The van der Waals surface area contributed by atoms with E-state index in [1.807, 2.05) is 6.07 Å². The molecule has 1 aromatic rings. The first-order valence-electron chi connectivity index (χ1n) is 8.47. The Bertz CT molecular complexity index is 463. The van der Waals surface area contributed by atoms with Crippen LogP contribution in [0.2, 0.25) is 0 Å². The zero-order valence-corrected chi connectivity index (χ0v) is 16.7. The minimum absolute atomic E-state index is 0. The van der Waals surface area contributed by atoms with Crippen molar-refractivity contribution in [1.29, 1.82) is 0 Å². The number of aliphatic imine (C=N–C) groups is 1. The molecule has 1 aliphatic rings. The molecule has 2 rings (SSSR count). The highest BCUT2D eigenvalue weighted by atomic mass is 127. The molecule has 23 heavy (non-hydrogen) atoms. The highest BCUT2D eigenvalue weighted by Gasteiger charge is 2.20. The van der Waals surface area contributed by atoms with Crippen molar-refractivity contribution >= 4 is 29.9 Å². The lowest BCUT2D eigenvalue weighted by Gasteiger charge is -2.34. The summed E-state index contributed by atoms with van der Waals surface area (Å²) in [6.45, 7) is 8.58. The van der Waals surface area contributed by atoms with Crippen molar-refractivity contribution in [3.05, 3.63) is 35.9 Å². The Morgan fingerprint density at radius 1 is 1.39 bits per heavy atom. The predicted molar refractivity (Wildman–Crippen MR) is 109 cm³/mol. The molecule has 1 aromatic carbocycles. The fraction of sp³-hybridized carbons (Fsp3) is 0.611. The Balaban J connectivity index is 0.00000264. The molecule has 1 heterocycles. The summed E-state index contributed by atoms with van der Waals surface area (Å²) in [6, 6.07) is 10.9. The number of nitrogens with two attached hydrogens (primary N) is 1. The van der Waals surface area contributed by atoms with Crippen LogP contribution in [0.1, 0.15) is 32.3 Å². The number of halogens is 1. The fourth-order valence-corrected chi connectivity index (χ4v) is 3.01. The van der Waals surface area contributed by atoms with Crippen molar-refractivity contribution < 1.29 is 0 Å². The van der Waals surface area contributed by atoms with Gasteiger partial charge in [0.1, 0.15) is 0 Å². The van der Waals surface area contributed by atoms with E-state index in [-0.39, 0.29) is 24.0 Å². The summed E-state index contributed by atoms with van der Waals surface area (Å²) < 4.78 is 0. The number of likely N-dealkylation sites (tertiary alicyclic amines) is 1. The molecule has 5 heteroatoms. The van der Waals surface area contributed by atoms with Gasteiger partial charge in [0.05, 0.1) is 6.54 Å². The normalized spacial score (nSPS) is 20.6. The molecule has 4 nitrogen and oxygen atoms in total. The van der Waals surface area contributed by atoms with Gasteiger partial charge in [0, 0.05) is 19.1 Å². The second-order valence-corrected chi connectivity index (χ2v) is 6.48. The van der Waals surface area contributed by atoms with E-state index in [1.54, 1.807) is 0 Å². The number of rotatable bonds is 6. The number of hydrogen-bond donors (Lipinski definition) is 2. The number of benzene rings is 1. The first-order chi connectivity index (χ1) is 10.6. The van der Waals surface area contributed by atoms with Gasteiger partial charge < -0.3 is 11.1 Å². The van der Waals surface area contributed by atoms with Crippen molar-refractivity contribution in [2.45, 2.75) is 39.2 Å². The van der Waals surface area contributed by atoms with Crippen LogP contribution in [0.25, 0.3) is 0 Å². The maximum absolute atomic E-state index is 5.96. The summed E-state index contributed by atoms with van der Waals surface area (Å²) >= 11 is 0. The van der Waals surface area contributed by atoms with Gasteiger partial charge in [-0.1, -0.05) is 37.3 Å². The molecule has 0 spiro atoms. The van der Waals surface area contributed by atoms with E-state index in [0.29, 0.717) is 12.0 Å². The molecule has 0 amide bonds. The number of nitrogens with one attached hydrogen (secondary N) is 1. The van der Waals surface area contributed by atoms with Gasteiger partial charge >= 0.3 is 0 Å². The zero-order chi connectivity index (χ0) is 15.8. The summed E-state index contributed by atoms with van der Waals surface area (Å²) in [5.41, 5.74) is 7.28. The maximum Gasteiger partial charge on any atom is 0.188 e. The molecule has 0 saturated carbocycles. The lowest BCUT2D eigenvalue weighted by atomic mass is 9.99. The average Bonchev–Trinajstić information content (AvgIpc) is 2.53. The Labute approximate surface area is 157 Å². The van der Waals surface area contributed by atoms with Crippen molar-refractivity contribution in [3.63, 3.8) is 0 Å². The minimum atomic E-state index is 0. The standard InChI is InChI=1S/C18H30N4.HI/c1-15-7-6-12-22(14-15)16(2)13-21-18(19)20-11-10-17-8-4-3-5-9-17;/h3-5,8-9,15-16H,6-7,10-14H2,1-2H3,(H3,19,20,21);1H. The van der Waals surface area contributed by atoms with Crippen LogP contribution in [-0.2, 0) is 6.42 Å². The molecule has 130 valence electrons. The lowest BCUT2D eigenvalue weighted by Crippen LogP contribution is -2.43. The van der Waals surface area contributed by atoms with E-state index in [1.165, 1.54) is 31.5 Å². The van der Waals surface area contributed by atoms with Crippen LogP contribution < -0.4 is 11.1 Å². The van der Waals surface area contributed by atoms with E-state index in [2.05, 4.69) is 53.3 Å². The summed E-state index contributed by atoms with van der Waals surface area (Å²) in [4.78, 5) is 7.03. The summed E-state index contributed by atoms with van der Waals surface area (Å²) in [7, 11) is 0. The Morgan fingerprint density at radius 2 is 2.13 bits per heavy atom. The average molecular weight is 430 g/mol. The van der Waals surface area contributed by atoms with Crippen LogP contribution >= 0.6 is 24.0 Å². The van der Waals surface area contributed by atoms with Crippen molar-refractivity contribution in [3.8, 4) is 0 Å². The molecule has 1 saturated heterocycles. The predicted octanol–water partition coefficient (Wildman–Crippen LogP) is 2.87. The van der Waals surface area contributed by atoms with E-state index in [9.17, 15) is 0 Å². The largest absolute Gasteiger partial charge is 0.370 e. The highest BCUT2D eigenvalue weighted by molar-refractivity contribution is 14.0. The molecule has 0 bridgehead atoms. The fourth-order valence-electron chi connectivity index (χ4n) is 3.01. The number of guanidine groups is 1. The van der Waals surface area contributed by atoms with Crippen LogP contribution in [0.3, 0.4) is 0 Å². The number of nitrogens with zero attached hydrogens (tertiary/aromatic N) is 2. The SMILES string of the molecule is CC1CCCN(C(C)CN=C(N)NCCc2ccccc2)C1.I. The van der Waals surface area contributed by atoms with E-state index >= 15 is 0 Å². The van der Waals surface area contributed by atoms with Gasteiger partial charge in [0.2, 0.25) is 0 Å². The van der Waals surface area contributed by atoms with Crippen molar-refractivity contribution in [2.24, 2.45) is 16.6 Å². The van der Waals surface area contributed by atoms with Crippen LogP contribution in [0.4, 0.5) is 0 Å². The second kappa shape index (κ2) is 10.9. The van der Waals surface area contributed by atoms with E-state index in [0.717, 1.165) is 25.4 Å². The topological polar surface area (TPSA) is 53.6 Å². The van der Waals surface area contributed by atoms with Gasteiger partial charge in [-0.25, -0.2) is 0 Å². The molecule has 1 fully saturated rings. The highest BCUT2D eigenvalue weighted by Crippen LogP contribution is 2.17. The third-order valence-corrected chi connectivity index (χ3v) is 4.40. The van der Waals surface area contributed by atoms with Crippen LogP contribution in [-0.4, -0.2) is 43.1 Å². The van der Waals surface area contributed by atoms with Gasteiger partial charge in [-0.05, 0) is 44.2 Å². The number of hydrogen-bond acceptors (Lipinski definition) is 2. The van der Waals surface area contributed by atoms with Crippen LogP contribution in [0.5, 0.6) is 0 Å². The van der Waals surface area contributed by atoms with E-state index in [4.69, 9.17) is 5.73 Å². The molecular formula is C18H31IN4. The summed E-state index contributed by atoms with van der Waals surface area (Å²) in [6.07, 6.45) is 3.63. The second-order valence-electron chi connectivity index (χ2n) is 6.48.